The van der Waals surface area contributed by atoms with Crippen LogP contribution in [0.5, 0.6) is 0 Å². The Bertz CT molecular complexity index is 1850. The van der Waals surface area contributed by atoms with E-state index in [4.69, 9.17) is 38.1 Å². The van der Waals surface area contributed by atoms with Crippen LogP contribution in [-0.4, -0.2) is 95.4 Å². The molecule has 70 heavy (non-hydrogen) atoms. The van der Waals surface area contributed by atoms with Gasteiger partial charge in [0.1, 0.15) is 25.4 Å². The molecule has 0 amide bonds. The Hall–Kier alpha value is -2.94. The van der Waals surface area contributed by atoms with Gasteiger partial charge in [0.25, 0.3) is 0 Å². The zero-order valence-corrected chi connectivity index (χ0v) is 45.8. The zero-order chi connectivity index (χ0) is 51.2. The molecule has 2 aromatic carbocycles. The van der Waals surface area contributed by atoms with Crippen LogP contribution in [0.15, 0.2) is 60.7 Å². The first-order chi connectivity index (χ1) is 33.0. The Morgan fingerprint density at radius 3 is 1.44 bits per heavy atom. The first-order valence-electron chi connectivity index (χ1n) is 26.9. The highest BCUT2D eigenvalue weighted by Crippen LogP contribution is 2.58. The molecule has 0 saturated carbocycles. The topological polar surface area (TPSA) is 114 Å². The molecule has 0 bridgehead atoms. The van der Waals surface area contributed by atoms with E-state index < -0.39 is 17.0 Å². The third-order valence-corrected chi connectivity index (χ3v) is 18.0. The highest BCUT2D eigenvalue weighted by atomic mass is 16.7. The molecular weight excluding hydrogens is 885 g/mol. The standard InChI is InChI=1S/C58H92N2O10/c1-15-52(10)35-57(45(7)54(12,17-3)59(52)69-43(5)47-29-23-21-24-30-47)41-65-56(14,66-42-57)40-64-50(62)34-28-20-19-27-33-49(61)63-37-51(9)38-67-58(68-39-51)36-53(11,16-2)60(55(13,18-4)46(58)8)70-44(6)48-31-25-22-26-32-48/h21-26,29-32,43-46H,15-20,27-28,33-42H2,1-14H3. The third-order valence-electron chi connectivity index (χ3n) is 18.0. The van der Waals surface area contributed by atoms with E-state index in [-0.39, 0.29) is 76.8 Å². The molecule has 0 aromatic heterocycles. The van der Waals surface area contributed by atoms with E-state index in [9.17, 15) is 9.59 Å². The summed E-state index contributed by atoms with van der Waals surface area (Å²) in [5, 5.41) is 4.57. The minimum Gasteiger partial charge on any atom is -0.465 e. The fourth-order valence-electron chi connectivity index (χ4n) is 12.0. The van der Waals surface area contributed by atoms with Crippen molar-refractivity contribution >= 4 is 11.9 Å². The van der Waals surface area contributed by atoms with Crippen LogP contribution in [-0.2, 0) is 47.7 Å². The number of unbranched alkanes of at least 4 members (excludes halogenated alkanes) is 3. The van der Waals surface area contributed by atoms with Gasteiger partial charge >= 0.3 is 11.9 Å². The van der Waals surface area contributed by atoms with Crippen LogP contribution in [0.3, 0.4) is 0 Å². The van der Waals surface area contributed by atoms with Gasteiger partial charge in [-0.1, -0.05) is 122 Å². The number of esters is 2. The Balaban J connectivity index is 0.890. The first-order valence-corrected chi connectivity index (χ1v) is 26.9. The average Bonchev–Trinajstić information content (AvgIpc) is 3.37. The Labute approximate surface area is 422 Å². The summed E-state index contributed by atoms with van der Waals surface area (Å²) < 4.78 is 38.3. The molecule has 12 nitrogen and oxygen atoms in total. The first kappa shape index (κ1) is 56.4. The molecule has 0 radical (unpaired) electrons. The van der Waals surface area contributed by atoms with Gasteiger partial charge < -0.3 is 28.4 Å². The quantitative estimate of drug-likeness (QED) is 0.0876. The molecule has 2 aromatic rings. The molecule has 394 valence electrons. The van der Waals surface area contributed by atoms with Crippen LogP contribution in [0.2, 0.25) is 0 Å². The lowest BCUT2D eigenvalue weighted by Gasteiger charge is -2.65. The van der Waals surface area contributed by atoms with E-state index in [2.05, 4.69) is 149 Å². The summed E-state index contributed by atoms with van der Waals surface area (Å²) in [6, 6.07) is 20.8. The second-order valence-corrected chi connectivity index (χ2v) is 23.3. The van der Waals surface area contributed by atoms with Crippen LogP contribution in [0, 0.1) is 22.7 Å². The van der Waals surface area contributed by atoms with Crippen molar-refractivity contribution in [2.24, 2.45) is 22.7 Å². The van der Waals surface area contributed by atoms with Crippen LogP contribution in [0.1, 0.15) is 197 Å². The zero-order valence-electron chi connectivity index (χ0n) is 45.8. The highest BCUT2D eigenvalue weighted by molar-refractivity contribution is 5.69. The van der Waals surface area contributed by atoms with Crippen molar-refractivity contribution in [3.63, 3.8) is 0 Å². The molecule has 4 heterocycles. The van der Waals surface area contributed by atoms with Gasteiger partial charge in [0.2, 0.25) is 0 Å². The molecule has 4 aliphatic heterocycles. The molecule has 0 N–H and O–H groups in total. The number of piperidine rings is 2. The number of ether oxygens (including phenoxy) is 6. The van der Waals surface area contributed by atoms with Crippen molar-refractivity contribution in [3.05, 3.63) is 71.8 Å². The summed E-state index contributed by atoms with van der Waals surface area (Å²) in [6.45, 7) is 32.9. The van der Waals surface area contributed by atoms with Crippen molar-refractivity contribution in [1.29, 1.82) is 0 Å². The lowest BCUT2D eigenvalue weighted by Crippen LogP contribution is -2.74. The number of benzene rings is 2. The molecule has 6 rings (SSSR count). The second-order valence-electron chi connectivity index (χ2n) is 23.3. The fraction of sp³-hybridized carbons (Fsp3) is 0.759. The number of hydroxylamine groups is 4. The summed E-state index contributed by atoms with van der Waals surface area (Å²) in [5.74, 6) is -2.10. The predicted octanol–water partition coefficient (Wildman–Crippen LogP) is 12.7. The molecule has 8 unspecified atom stereocenters. The van der Waals surface area contributed by atoms with Crippen LogP contribution >= 0.6 is 0 Å². The number of hydrogen-bond acceptors (Lipinski definition) is 12. The van der Waals surface area contributed by atoms with E-state index in [0.29, 0.717) is 58.5 Å². The summed E-state index contributed by atoms with van der Waals surface area (Å²) >= 11 is 0. The highest BCUT2D eigenvalue weighted by Gasteiger charge is 2.65. The number of carbonyl (C=O) groups excluding carboxylic acids is 2. The Morgan fingerprint density at radius 1 is 0.571 bits per heavy atom. The fourth-order valence-corrected chi connectivity index (χ4v) is 12.0. The van der Waals surface area contributed by atoms with E-state index in [1.165, 1.54) is 0 Å². The molecule has 4 fully saturated rings. The number of hydrogen-bond donors (Lipinski definition) is 0. The van der Waals surface area contributed by atoms with Gasteiger partial charge in [-0.3, -0.25) is 19.3 Å². The lowest BCUT2D eigenvalue weighted by atomic mass is 9.57. The van der Waals surface area contributed by atoms with Gasteiger partial charge in [-0.05, 0) is 110 Å². The number of carbonyl (C=O) groups is 2. The predicted molar refractivity (Wildman–Crippen MR) is 273 cm³/mol. The molecule has 8 atom stereocenters. The maximum absolute atomic E-state index is 12.9. The SMILES string of the molecule is CCC1(C)CC2(COC(C)(COC(=O)CCCCCCC(=O)OCC3(C)COC4(CC(C)(CC)N(OC(C)c5ccccc5)C(C)(CC)C4C)OC3)OC2)C(C)C(C)(CC)N1OC(C)c1ccccc1. The maximum atomic E-state index is 12.9. The van der Waals surface area contributed by atoms with Crippen LogP contribution in [0.4, 0.5) is 0 Å². The number of rotatable bonds is 21. The molecule has 0 aliphatic carbocycles. The largest absolute Gasteiger partial charge is 0.465 e. The van der Waals surface area contributed by atoms with Gasteiger partial charge in [0, 0.05) is 52.6 Å². The van der Waals surface area contributed by atoms with Crippen LogP contribution < -0.4 is 0 Å². The Kier molecular flexibility index (Phi) is 18.3. The van der Waals surface area contributed by atoms with Crippen molar-refractivity contribution < 1.29 is 47.7 Å². The van der Waals surface area contributed by atoms with Gasteiger partial charge in [-0.2, -0.15) is 10.1 Å². The Morgan fingerprint density at radius 2 is 1.00 bits per heavy atom. The van der Waals surface area contributed by atoms with Crippen molar-refractivity contribution in [2.45, 2.75) is 220 Å². The van der Waals surface area contributed by atoms with E-state index in [1.54, 1.807) is 0 Å². The van der Waals surface area contributed by atoms with Gasteiger partial charge in [-0.25, -0.2) is 0 Å². The summed E-state index contributed by atoms with van der Waals surface area (Å²) in [5.41, 5.74) is 0.386. The van der Waals surface area contributed by atoms with E-state index in [1.807, 2.05) is 19.1 Å². The lowest BCUT2D eigenvalue weighted by molar-refractivity contribution is -0.416. The number of nitrogens with zero attached hydrogens (tertiary/aromatic N) is 2. The van der Waals surface area contributed by atoms with Crippen molar-refractivity contribution in [2.75, 3.05) is 39.6 Å². The maximum Gasteiger partial charge on any atom is 0.305 e. The monoisotopic (exact) mass is 977 g/mol. The average molecular weight is 977 g/mol. The van der Waals surface area contributed by atoms with Gasteiger partial charge in [0.05, 0.1) is 32.0 Å². The third kappa shape index (κ3) is 11.9. The molecule has 12 heteroatoms. The second kappa shape index (κ2) is 22.7. The minimum atomic E-state index is -1.02. The molecule has 4 aliphatic rings. The van der Waals surface area contributed by atoms with Crippen molar-refractivity contribution in [1.82, 2.24) is 10.1 Å². The van der Waals surface area contributed by atoms with Gasteiger partial charge in [-0.15, -0.1) is 0 Å². The van der Waals surface area contributed by atoms with Crippen LogP contribution in [0.25, 0.3) is 0 Å². The summed E-state index contributed by atoms with van der Waals surface area (Å²) in [4.78, 5) is 39.6. The normalized spacial score (nSPS) is 37.0. The molecular formula is C58H92N2O10. The minimum absolute atomic E-state index is 0.00252. The molecule has 4 saturated heterocycles. The summed E-state index contributed by atoms with van der Waals surface area (Å²) in [7, 11) is 0. The van der Waals surface area contributed by atoms with Crippen molar-refractivity contribution in [3.8, 4) is 0 Å². The van der Waals surface area contributed by atoms with E-state index >= 15 is 0 Å². The van der Waals surface area contributed by atoms with Gasteiger partial charge in [0.15, 0.2) is 11.6 Å². The molecule has 2 spiro atoms. The smallest absolute Gasteiger partial charge is 0.305 e. The van der Waals surface area contributed by atoms with E-state index in [0.717, 1.165) is 56.1 Å². The summed E-state index contributed by atoms with van der Waals surface area (Å²) in [6.07, 6.45) is 8.47.